The van der Waals surface area contributed by atoms with Crippen LogP contribution in [0.2, 0.25) is 0 Å². The largest absolute Gasteiger partial charge is 0.330 e. The van der Waals surface area contributed by atoms with Crippen LogP contribution in [0.25, 0.3) is 0 Å². The molecule has 1 aromatic rings. The minimum Gasteiger partial charge on any atom is -0.330 e. The highest BCUT2D eigenvalue weighted by atomic mass is 16.2. The van der Waals surface area contributed by atoms with Crippen LogP contribution >= 0.6 is 0 Å². The number of carbonyl (C=O) groups excluding carboxylic acids is 2. The summed E-state index contributed by atoms with van der Waals surface area (Å²) in [6, 6.07) is 8.03. The van der Waals surface area contributed by atoms with E-state index in [9.17, 15) is 9.59 Å². The van der Waals surface area contributed by atoms with Crippen LogP contribution in [0, 0.1) is 5.92 Å². The van der Waals surface area contributed by atoms with E-state index in [-0.39, 0.29) is 29.2 Å². The van der Waals surface area contributed by atoms with Crippen molar-refractivity contribution in [3.05, 3.63) is 29.8 Å². The predicted octanol–water partition coefficient (Wildman–Crippen LogP) is 2.71. The Bertz CT molecular complexity index is 663. The van der Waals surface area contributed by atoms with Gasteiger partial charge in [-0.1, -0.05) is 32.0 Å². The molecule has 0 aromatic heterocycles. The van der Waals surface area contributed by atoms with E-state index in [2.05, 4.69) is 18.2 Å². The number of amides is 2. The molecule has 1 unspecified atom stereocenters. The lowest BCUT2D eigenvalue weighted by atomic mass is 9.99. The first-order valence-electron chi connectivity index (χ1n) is 8.75. The van der Waals surface area contributed by atoms with Gasteiger partial charge in [-0.2, -0.15) is 0 Å². The number of fused-ring (bicyclic) bond motifs is 2. The van der Waals surface area contributed by atoms with Gasteiger partial charge in [-0.25, -0.2) is 0 Å². The number of anilines is 1. The zero-order chi connectivity index (χ0) is 16.2. The quantitative estimate of drug-likeness (QED) is 0.842. The highest BCUT2D eigenvalue weighted by molar-refractivity contribution is 6.02. The molecule has 1 aliphatic carbocycles. The van der Waals surface area contributed by atoms with Crippen LogP contribution in [0.15, 0.2) is 24.3 Å². The van der Waals surface area contributed by atoms with Gasteiger partial charge in [-0.3, -0.25) is 9.59 Å². The molecule has 3 aliphatic rings. The fourth-order valence-corrected chi connectivity index (χ4v) is 4.20. The highest BCUT2D eigenvalue weighted by Crippen LogP contribution is 2.56. The van der Waals surface area contributed by atoms with Crippen molar-refractivity contribution in [2.24, 2.45) is 5.92 Å². The molecule has 1 saturated carbocycles. The summed E-state index contributed by atoms with van der Waals surface area (Å²) in [4.78, 5) is 29.4. The summed E-state index contributed by atoms with van der Waals surface area (Å²) in [7, 11) is 0. The summed E-state index contributed by atoms with van der Waals surface area (Å²) < 4.78 is 0. The molecule has 1 atom stereocenters. The molecular weight excluding hydrogens is 288 g/mol. The van der Waals surface area contributed by atoms with Crippen molar-refractivity contribution in [2.45, 2.75) is 51.0 Å². The van der Waals surface area contributed by atoms with Gasteiger partial charge in [0.15, 0.2) is 0 Å². The summed E-state index contributed by atoms with van der Waals surface area (Å²) in [5, 5.41) is 0. The average Bonchev–Trinajstić information content (AvgIpc) is 3.04. The standard InChI is InChI=1S/C19H24N2O2/c1-13(2)17(22)20-11-5-8-16(20)18(23)21-12-19(9-10-19)14-6-3-4-7-15(14)21/h3-4,6-7,13,16H,5,8-12H2,1-2H3. The van der Waals surface area contributed by atoms with Crippen molar-refractivity contribution in [1.82, 2.24) is 4.90 Å². The third-order valence-electron chi connectivity index (χ3n) is 5.66. The Kier molecular flexibility index (Phi) is 3.26. The molecule has 0 N–H and O–H groups in total. The average molecular weight is 312 g/mol. The molecule has 2 fully saturated rings. The van der Waals surface area contributed by atoms with E-state index in [0.29, 0.717) is 6.54 Å². The Hall–Kier alpha value is -1.84. The Morgan fingerprint density at radius 3 is 2.65 bits per heavy atom. The molecule has 122 valence electrons. The van der Waals surface area contributed by atoms with Gasteiger partial charge in [0.05, 0.1) is 0 Å². The number of benzene rings is 1. The maximum atomic E-state index is 13.2. The maximum absolute atomic E-state index is 13.2. The molecule has 1 saturated heterocycles. The number of hydrogen-bond donors (Lipinski definition) is 0. The first kappa shape index (κ1) is 14.7. The number of carbonyl (C=O) groups is 2. The van der Waals surface area contributed by atoms with Gasteiger partial charge >= 0.3 is 0 Å². The smallest absolute Gasteiger partial charge is 0.249 e. The van der Waals surface area contributed by atoms with E-state index in [1.54, 1.807) is 0 Å². The van der Waals surface area contributed by atoms with E-state index >= 15 is 0 Å². The number of nitrogens with zero attached hydrogens (tertiary/aromatic N) is 2. The van der Waals surface area contributed by atoms with Crippen LogP contribution in [0.4, 0.5) is 5.69 Å². The lowest BCUT2D eigenvalue weighted by Gasteiger charge is -2.29. The van der Waals surface area contributed by atoms with Gasteiger partial charge in [0.1, 0.15) is 6.04 Å². The number of hydrogen-bond acceptors (Lipinski definition) is 2. The molecule has 4 heteroatoms. The van der Waals surface area contributed by atoms with Gasteiger partial charge in [-0.05, 0) is 37.3 Å². The lowest BCUT2D eigenvalue weighted by molar-refractivity contribution is -0.139. The molecule has 1 aromatic carbocycles. The van der Waals surface area contributed by atoms with Crippen LogP contribution < -0.4 is 4.90 Å². The van der Waals surface area contributed by atoms with Gasteiger partial charge in [-0.15, -0.1) is 0 Å². The second kappa shape index (κ2) is 5.08. The van der Waals surface area contributed by atoms with Crippen molar-refractivity contribution >= 4 is 17.5 Å². The number of para-hydroxylation sites is 1. The third kappa shape index (κ3) is 2.19. The zero-order valence-electron chi connectivity index (χ0n) is 13.9. The van der Waals surface area contributed by atoms with Gasteiger partial charge in [0.25, 0.3) is 0 Å². The van der Waals surface area contributed by atoms with Crippen LogP contribution in [0.1, 0.15) is 45.1 Å². The second-order valence-corrected chi connectivity index (χ2v) is 7.57. The van der Waals surface area contributed by atoms with Crippen LogP contribution in [0.3, 0.4) is 0 Å². The number of rotatable bonds is 2. The highest BCUT2D eigenvalue weighted by Gasteiger charge is 2.54. The van der Waals surface area contributed by atoms with Gasteiger partial charge in [0.2, 0.25) is 11.8 Å². The minimum atomic E-state index is -0.271. The third-order valence-corrected chi connectivity index (χ3v) is 5.66. The fraction of sp³-hybridized carbons (Fsp3) is 0.579. The molecular formula is C19H24N2O2. The van der Waals surface area contributed by atoms with Crippen LogP contribution in [0.5, 0.6) is 0 Å². The summed E-state index contributed by atoms with van der Waals surface area (Å²) in [5.74, 6) is 0.172. The fourth-order valence-electron chi connectivity index (χ4n) is 4.20. The van der Waals surface area contributed by atoms with E-state index in [1.165, 1.54) is 18.4 Å². The Balaban J connectivity index is 1.62. The molecule has 2 aliphatic heterocycles. The SMILES string of the molecule is CC(C)C(=O)N1CCCC1C(=O)N1CC2(CC2)c2ccccc21. The van der Waals surface area contributed by atoms with Gasteiger partial charge in [0, 0.05) is 30.1 Å². The Morgan fingerprint density at radius 2 is 1.96 bits per heavy atom. The molecule has 2 amide bonds. The molecule has 2 heterocycles. The molecule has 23 heavy (non-hydrogen) atoms. The Labute approximate surface area is 137 Å². The second-order valence-electron chi connectivity index (χ2n) is 7.57. The summed E-state index contributed by atoms with van der Waals surface area (Å²) >= 11 is 0. The van der Waals surface area contributed by atoms with E-state index in [0.717, 1.165) is 25.1 Å². The Morgan fingerprint density at radius 1 is 1.22 bits per heavy atom. The van der Waals surface area contributed by atoms with E-state index < -0.39 is 0 Å². The molecule has 4 rings (SSSR count). The summed E-state index contributed by atoms with van der Waals surface area (Å²) in [6.07, 6.45) is 4.07. The van der Waals surface area contributed by atoms with E-state index in [4.69, 9.17) is 0 Å². The molecule has 1 spiro atoms. The monoisotopic (exact) mass is 312 g/mol. The maximum Gasteiger partial charge on any atom is 0.249 e. The first-order valence-corrected chi connectivity index (χ1v) is 8.75. The van der Waals surface area contributed by atoms with Crippen molar-refractivity contribution in [3.8, 4) is 0 Å². The van der Waals surface area contributed by atoms with Crippen molar-refractivity contribution in [2.75, 3.05) is 18.0 Å². The molecule has 0 radical (unpaired) electrons. The van der Waals surface area contributed by atoms with Crippen LogP contribution in [-0.4, -0.2) is 35.8 Å². The molecule has 4 nitrogen and oxygen atoms in total. The van der Waals surface area contributed by atoms with Gasteiger partial charge < -0.3 is 9.80 Å². The normalized spacial score (nSPS) is 24.4. The minimum absolute atomic E-state index is 0.0518. The van der Waals surface area contributed by atoms with E-state index in [1.807, 2.05) is 29.7 Å². The topological polar surface area (TPSA) is 40.6 Å². The summed E-state index contributed by atoms with van der Waals surface area (Å²) in [5.41, 5.74) is 2.60. The van der Waals surface area contributed by atoms with Crippen LogP contribution in [-0.2, 0) is 15.0 Å². The van der Waals surface area contributed by atoms with Crippen molar-refractivity contribution in [3.63, 3.8) is 0 Å². The summed E-state index contributed by atoms with van der Waals surface area (Å²) in [6.45, 7) is 5.33. The zero-order valence-corrected chi connectivity index (χ0v) is 13.9. The lowest BCUT2D eigenvalue weighted by Crippen LogP contribution is -2.49. The first-order chi connectivity index (χ1) is 11.0. The molecule has 0 bridgehead atoms. The predicted molar refractivity (Wildman–Crippen MR) is 89.3 cm³/mol. The van der Waals surface area contributed by atoms with Crippen molar-refractivity contribution < 1.29 is 9.59 Å². The van der Waals surface area contributed by atoms with Crippen molar-refractivity contribution in [1.29, 1.82) is 0 Å². The number of likely N-dealkylation sites (tertiary alicyclic amines) is 1.